The molecule has 0 spiro atoms. The number of para-hydroxylation sites is 2. The van der Waals surface area contributed by atoms with Gasteiger partial charge in [-0.2, -0.15) is 4.57 Å². The third-order valence-corrected chi connectivity index (χ3v) is 5.06. The standard InChI is InChI=1S/C21H19O5P/c1-16-10-9-11-17(2)20(16)21(22)26-27(23,24-18-12-5-3-6-13-18)25-19-14-7-4-8-15-19/h3-15H,1-2H3. The van der Waals surface area contributed by atoms with E-state index in [-0.39, 0.29) is 11.5 Å². The smallest absolute Gasteiger partial charge is 0.386 e. The van der Waals surface area contributed by atoms with Crippen molar-refractivity contribution in [2.24, 2.45) is 0 Å². The fourth-order valence-corrected chi connectivity index (χ4v) is 3.73. The summed E-state index contributed by atoms with van der Waals surface area (Å²) in [7, 11) is -4.27. The molecule has 0 fully saturated rings. The Hall–Kier alpha value is -3.04. The van der Waals surface area contributed by atoms with Crippen molar-refractivity contribution in [3.8, 4) is 11.5 Å². The van der Waals surface area contributed by atoms with Crippen molar-refractivity contribution < 1.29 is 22.9 Å². The summed E-state index contributed by atoms with van der Waals surface area (Å²) < 4.78 is 29.5. The second-order valence-corrected chi connectivity index (χ2v) is 7.34. The van der Waals surface area contributed by atoms with Gasteiger partial charge in [-0.3, -0.25) is 0 Å². The van der Waals surface area contributed by atoms with E-state index in [0.29, 0.717) is 16.7 Å². The van der Waals surface area contributed by atoms with Gasteiger partial charge < -0.3 is 13.6 Å². The molecule has 6 heteroatoms. The predicted molar refractivity (Wildman–Crippen MR) is 103 cm³/mol. The molecule has 0 saturated carbocycles. The van der Waals surface area contributed by atoms with Crippen molar-refractivity contribution in [2.75, 3.05) is 0 Å². The quantitative estimate of drug-likeness (QED) is 0.510. The second kappa shape index (κ2) is 8.11. The summed E-state index contributed by atoms with van der Waals surface area (Å²) in [5, 5.41) is 0. The average Bonchev–Trinajstić information content (AvgIpc) is 2.62. The average molecular weight is 382 g/mol. The molecule has 0 N–H and O–H groups in total. The molecule has 0 bridgehead atoms. The van der Waals surface area contributed by atoms with Gasteiger partial charge in [0.15, 0.2) is 0 Å². The maximum absolute atomic E-state index is 13.3. The molecule has 3 rings (SSSR count). The first kappa shape index (κ1) is 18.7. The monoisotopic (exact) mass is 382 g/mol. The normalized spacial score (nSPS) is 10.9. The van der Waals surface area contributed by atoms with E-state index in [4.69, 9.17) is 13.6 Å². The SMILES string of the molecule is Cc1cccc(C)c1C(=O)OP(=O)(Oc1ccccc1)Oc1ccccc1. The summed E-state index contributed by atoms with van der Waals surface area (Å²) >= 11 is 0. The summed E-state index contributed by atoms with van der Waals surface area (Å²) in [6.07, 6.45) is 0. The molecule has 0 aliphatic rings. The third kappa shape index (κ3) is 4.78. The molecule has 3 aromatic carbocycles. The van der Waals surface area contributed by atoms with Crippen LogP contribution in [0.25, 0.3) is 0 Å². The second-order valence-electron chi connectivity index (χ2n) is 5.90. The van der Waals surface area contributed by atoms with Crippen molar-refractivity contribution >= 4 is 13.8 Å². The van der Waals surface area contributed by atoms with Crippen molar-refractivity contribution in [2.45, 2.75) is 13.8 Å². The summed E-state index contributed by atoms with van der Waals surface area (Å²) in [5.41, 5.74) is 1.77. The fourth-order valence-electron chi connectivity index (χ4n) is 2.56. The lowest BCUT2D eigenvalue weighted by atomic mass is 10.0. The summed E-state index contributed by atoms with van der Waals surface area (Å²) in [4.78, 5) is 12.7. The van der Waals surface area contributed by atoms with E-state index in [0.717, 1.165) is 0 Å². The van der Waals surface area contributed by atoms with Crippen LogP contribution in [0.3, 0.4) is 0 Å². The minimum Gasteiger partial charge on any atom is -0.386 e. The van der Waals surface area contributed by atoms with Crippen LogP contribution in [0.1, 0.15) is 21.5 Å². The molecule has 0 amide bonds. The molecule has 0 radical (unpaired) electrons. The zero-order valence-corrected chi connectivity index (χ0v) is 15.9. The Morgan fingerprint density at radius 1 is 0.704 bits per heavy atom. The van der Waals surface area contributed by atoms with Gasteiger partial charge >= 0.3 is 13.8 Å². The molecule has 138 valence electrons. The van der Waals surface area contributed by atoms with Crippen molar-refractivity contribution in [3.05, 3.63) is 95.6 Å². The van der Waals surface area contributed by atoms with Crippen LogP contribution in [0.5, 0.6) is 11.5 Å². The Balaban J connectivity index is 1.91. The number of phosphoric acid groups is 1. The van der Waals surface area contributed by atoms with Crippen molar-refractivity contribution in [3.63, 3.8) is 0 Å². The first-order valence-corrected chi connectivity index (χ1v) is 9.82. The first-order chi connectivity index (χ1) is 13.0. The minimum absolute atomic E-state index is 0.270. The number of carbonyl (C=O) groups excluding carboxylic acids is 1. The fraction of sp³-hybridized carbons (Fsp3) is 0.0952. The van der Waals surface area contributed by atoms with Crippen LogP contribution in [0.15, 0.2) is 78.9 Å². The Bertz CT molecular complexity index is 905. The molecular formula is C21H19O5P. The molecule has 0 unspecified atom stereocenters. The highest BCUT2D eigenvalue weighted by atomic mass is 31.2. The predicted octanol–water partition coefficient (Wildman–Crippen LogP) is 5.73. The van der Waals surface area contributed by atoms with Crippen molar-refractivity contribution in [1.29, 1.82) is 0 Å². The van der Waals surface area contributed by atoms with Gasteiger partial charge in [-0.15, -0.1) is 0 Å². The van der Waals surface area contributed by atoms with Gasteiger partial charge in [0.2, 0.25) is 0 Å². The number of benzene rings is 3. The highest BCUT2D eigenvalue weighted by molar-refractivity contribution is 7.50. The van der Waals surface area contributed by atoms with Crippen LogP contribution in [-0.4, -0.2) is 5.97 Å². The van der Waals surface area contributed by atoms with E-state index in [9.17, 15) is 9.36 Å². The number of carbonyl (C=O) groups is 1. The van der Waals surface area contributed by atoms with Gasteiger partial charge in [0, 0.05) is 0 Å². The summed E-state index contributed by atoms with van der Waals surface area (Å²) in [6.45, 7) is 3.56. The molecule has 0 aliphatic carbocycles. The molecule has 3 aromatic rings. The molecule has 0 aliphatic heterocycles. The van der Waals surface area contributed by atoms with Crippen LogP contribution in [0.4, 0.5) is 0 Å². The van der Waals surface area contributed by atoms with Crippen LogP contribution in [0.2, 0.25) is 0 Å². The maximum Gasteiger partial charge on any atom is 0.649 e. The largest absolute Gasteiger partial charge is 0.649 e. The summed E-state index contributed by atoms with van der Waals surface area (Å²) in [5.74, 6) is -0.224. The van der Waals surface area contributed by atoms with Gasteiger partial charge in [-0.1, -0.05) is 54.6 Å². The molecule has 0 heterocycles. The van der Waals surface area contributed by atoms with Gasteiger partial charge in [0.1, 0.15) is 11.5 Å². The van der Waals surface area contributed by atoms with Crippen LogP contribution in [-0.2, 0) is 9.09 Å². The van der Waals surface area contributed by atoms with Crippen molar-refractivity contribution in [1.82, 2.24) is 0 Å². The highest BCUT2D eigenvalue weighted by Crippen LogP contribution is 2.50. The Morgan fingerprint density at radius 3 is 1.59 bits per heavy atom. The molecule has 0 aromatic heterocycles. The van der Waals surface area contributed by atoms with E-state index in [1.54, 1.807) is 86.6 Å². The summed E-state index contributed by atoms with van der Waals surface area (Å²) in [6, 6.07) is 22.3. The number of hydrogen-bond donors (Lipinski definition) is 0. The molecule has 0 atom stereocenters. The Kier molecular flexibility index (Phi) is 5.63. The van der Waals surface area contributed by atoms with E-state index in [2.05, 4.69) is 0 Å². The Labute approximate surface area is 158 Å². The number of aryl methyl sites for hydroxylation is 2. The molecule has 0 saturated heterocycles. The van der Waals surface area contributed by atoms with Crippen LogP contribution < -0.4 is 9.05 Å². The van der Waals surface area contributed by atoms with E-state index < -0.39 is 13.8 Å². The molecule has 5 nitrogen and oxygen atoms in total. The maximum atomic E-state index is 13.3. The lowest BCUT2D eigenvalue weighted by molar-refractivity contribution is 0.0687. The number of hydrogen-bond acceptors (Lipinski definition) is 5. The molecular weight excluding hydrogens is 363 g/mol. The van der Waals surface area contributed by atoms with E-state index >= 15 is 0 Å². The lowest BCUT2D eigenvalue weighted by Gasteiger charge is -2.19. The van der Waals surface area contributed by atoms with E-state index in [1.165, 1.54) is 0 Å². The lowest BCUT2D eigenvalue weighted by Crippen LogP contribution is -2.13. The van der Waals surface area contributed by atoms with Gasteiger partial charge in [0.05, 0.1) is 5.56 Å². The first-order valence-electron chi connectivity index (χ1n) is 8.36. The number of rotatable bonds is 6. The zero-order chi connectivity index (χ0) is 19.3. The highest BCUT2D eigenvalue weighted by Gasteiger charge is 2.36. The zero-order valence-electron chi connectivity index (χ0n) is 15.0. The minimum atomic E-state index is -4.27. The van der Waals surface area contributed by atoms with Crippen LogP contribution in [0, 0.1) is 13.8 Å². The van der Waals surface area contributed by atoms with Crippen LogP contribution >= 0.6 is 7.82 Å². The third-order valence-electron chi connectivity index (χ3n) is 3.80. The topological polar surface area (TPSA) is 61.8 Å². The van der Waals surface area contributed by atoms with Gasteiger partial charge in [-0.25, -0.2) is 4.79 Å². The van der Waals surface area contributed by atoms with E-state index in [1.807, 2.05) is 6.07 Å². The molecule has 27 heavy (non-hydrogen) atoms. The van der Waals surface area contributed by atoms with Gasteiger partial charge in [0.25, 0.3) is 0 Å². The Morgan fingerprint density at radius 2 is 1.15 bits per heavy atom. The van der Waals surface area contributed by atoms with Gasteiger partial charge in [-0.05, 0) is 49.2 Å². The number of phosphoric ester groups is 1.